The van der Waals surface area contributed by atoms with Crippen molar-refractivity contribution in [3.8, 4) is 0 Å². The zero-order chi connectivity index (χ0) is 13.2. The van der Waals surface area contributed by atoms with Crippen LogP contribution in [0.4, 0.5) is 0 Å². The van der Waals surface area contributed by atoms with Crippen LogP contribution >= 0.6 is 11.8 Å². The Labute approximate surface area is 113 Å². The second-order valence-corrected chi connectivity index (χ2v) is 5.53. The summed E-state index contributed by atoms with van der Waals surface area (Å²) in [5.74, 6) is 1.52. The van der Waals surface area contributed by atoms with Crippen molar-refractivity contribution in [3.63, 3.8) is 0 Å². The van der Waals surface area contributed by atoms with E-state index in [9.17, 15) is 9.59 Å². The average molecular weight is 270 g/mol. The molecule has 0 spiro atoms. The van der Waals surface area contributed by atoms with Crippen LogP contribution in [0.25, 0.3) is 0 Å². The molecule has 0 aromatic carbocycles. The Hall–Kier alpha value is -0.770. The zero-order valence-corrected chi connectivity index (χ0v) is 11.9. The minimum absolute atomic E-state index is 0.121. The Morgan fingerprint density at radius 3 is 2.94 bits per heavy atom. The highest BCUT2D eigenvalue weighted by molar-refractivity contribution is 7.99. The summed E-state index contributed by atoms with van der Waals surface area (Å²) in [5.41, 5.74) is 0.987. The number of allylic oxidation sites excluding steroid dienone is 2. The van der Waals surface area contributed by atoms with Crippen LogP contribution in [-0.2, 0) is 14.3 Å². The van der Waals surface area contributed by atoms with E-state index in [1.54, 1.807) is 11.8 Å². The summed E-state index contributed by atoms with van der Waals surface area (Å²) < 4.78 is 5.05. The second-order valence-electron chi connectivity index (χ2n) is 4.42. The topological polar surface area (TPSA) is 43.4 Å². The molecule has 3 nitrogen and oxygen atoms in total. The summed E-state index contributed by atoms with van der Waals surface area (Å²) >= 11 is 1.59. The molecule has 0 radical (unpaired) electrons. The Morgan fingerprint density at radius 1 is 1.44 bits per heavy atom. The first kappa shape index (κ1) is 15.3. The number of esters is 1. The van der Waals surface area contributed by atoms with Crippen molar-refractivity contribution < 1.29 is 14.3 Å². The minimum atomic E-state index is -0.121. The van der Waals surface area contributed by atoms with Gasteiger partial charge in [0.15, 0.2) is 5.78 Å². The van der Waals surface area contributed by atoms with E-state index in [4.69, 9.17) is 4.74 Å². The van der Waals surface area contributed by atoms with Crippen LogP contribution in [0.2, 0.25) is 0 Å². The lowest BCUT2D eigenvalue weighted by atomic mass is 10.1. The van der Waals surface area contributed by atoms with Crippen molar-refractivity contribution in [1.29, 1.82) is 0 Å². The van der Waals surface area contributed by atoms with E-state index in [1.807, 2.05) is 6.08 Å². The largest absolute Gasteiger partial charge is 0.465 e. The van der Waals surface area contributed by atoms with Gasteiger partial charge in [-0.25, -0.2) is 0 Å². The number of ketones is 1. The van der Waals surface area contributed by atoms with Gasteiger partial charge in [0.1, 0.15) is 0 Å². The van der Waals surface area contributed by atoms with Gasteiger partial charge in [-0.2, -0.15) is 11.8 Å². The van der Waals surface area contributed by atoms with Gasteiger partial charge < -0.3 is 4.74 Å². The van der Waals surface area contributed by atoms with Gasteiger partial charge in [-0.3, -0.25) is 9.59 Å². The van der Waals surface area contributed by atoms with Crippen molar-refractivity contribution in [1.82, 2.24) is 0 Å². The normalized spacial score (nSPS) is 14.7. The van der Waals surface area contributed by atoms with Crippen molar-refractivity contribution >= 4 is 23.5 Å². The van der Waals surface area contributed by atoms with Gasteiger partial charge in [-0.15, -0.1) is 0 Å². The van der Waals surface area contributed by atoms with Gasteiger partial charge >= 0.3 is 5.97 Å². The number of Topliss-reactive ketones (excluding diaryl/α,β-unsaturated/α-hetero) is 1. The van der Waals surface area contributed by atoms with Crippen LogP contribution in [0.3, 0.4) is 0 Å². The van der Waals surface area contributed by atoms with E-state index in [0.717, 1.165) is 43.4 Å². The van der Waals surface area contributed by atoms with E-state index >= 15 is 0 Å². The van der Waals surface area contributed by atoms with Gasteiger partial charge in [0.05, 0.1) is 12.4 Å². The summed E-state index contributed by atoms with van der Waals surface area (Å²) in [6.45, 7) is 2.61. The van der Waals surface area contributed by atoms with Crippen molar-refractivity contribution in [2.75, 3.05) is 18.1 Å². The second kappa shape index (κ2) is 9.20. The smallest absolute Gasteiger partial charge is 0.315 e. The molecule has 1 rings (SSSR count). The van der Waals surface area contributed by atoms with Crippen LogP contribution in [0.1, 0.15) is 45.4 Å². The summed E-state index contributed by atoms with van der Waals surface area (Å²) in [6.07, 6.45) is 7.45. The standard InChI is InChI=1S/C14H22O3S/c1-2-3-9-17-14(16)11-18-10-5-7-12-6-4-8-13(12)15/h6H,2-5,7-11H2,1H3. The van der Waals surface area contributed by atoms with Crippen molar-refractivity contribution in [2.24, 2.45) is 0 Å². The molecule has 0 N–H and O–H groups in total. The highest BCUT2D eigenvalue weighted by Crippen LogP contribution is 2.19. The first-order valence-electron chi connectivity index (χ1n) is 6.69. The average Bonchev–Trinajstić information content (AvgIpc) is 2.75. The Morgan fingerprint density at radius 2 is 2.28 bits per heavy atom. The highest BCUT2D eigenvalue weighted by Gasteiger charge is 2.13. The molecule has 0 aromatic rings. The van der Waals surface area contributed by atoms with Crippen LogP contribution in [0.5, 0.6) is 0 Å². The summed E-state index contributed by atoms with van der Waals surface area (Å²) in [7, 11) is 0. The molecule has 4 heteroatoms. The molecule has 0 atom stereocenters. The maximum absolute atomic E-state index is 11.3. The first-order valence-corrected chi connectivity index (χ1v) is 7.85. The summed E-state index contributed by atoms with van der Waals surface area (Å²) in [4.78, 5) is 22.6. The third-order valence-corrected chi connectivity index (χ3v) is 3.85. The SMILES string of the molecule is CCCCOC(=O)CSCCCC1=CCCC1=O. The molecule has 0 unspecified atom stereocenters. The third kappa shape index (κ3) is 6.24. The van der Waals surface area contributed by atoms with Gasteiger partial charge in [-0.05, 0) is 37.0 Å². The van der Waals surface area contributed by atoms with Gasteiger partial charge in [0, 0.05) is 6.42 Å². The Bertz CT molecular complexity index is 310. The number of thioether (sulfide) groups is 1. The molecule has 0 saturated heterocycles. The molecule has 0 fully saturated rings. The predicted molar refractivity (Wildman–Crippen MR) is 74.8 cm³/mol. The fourth-order valence-electron chi connectivity index (χ4n) is 1.79. The molecule has 1 aliphatic carbocycles. The molecule has 0 amide bonds. The third-order valence-electron chi connectivity index (χ3n) is 2.84. The number of carbonyl (C=O) groups excluding carboxylic acids is 2. The van der Waals surface area contributed by atoms with Gasteiger partial charge in [0.25, 0.3) is 0 Å². The molecule has 0 aromatic heterocycles. The molecule has 1 aliphatic rings. The van der Waals surface area contributed by atoms with E-state index in [1.165, 1.54) is 0 Å². The maximum Gasteiger partial charge on any atom is 0.315 e. The molecule has 0 aliphatic heterocycles. The number of rotatable bonds is 9. The number of ether oxygens (including phenoxy) is 1. The lowest BCUT2D eigenvalue weighted by molar-refractivity contribution is -0.140. The molecular formula is C14H22O3S. The van der Waals surface area contributed by atoms with Crippen LogP contribution in [0, 0.1) is 0 Å². The summed E-state index contributed by atoms with van der Waals surface area (Å²) in [6, 6.07) is 0. The molecule has 102 valence electrons. The minimum Gasteiger partial charge on any atom is -0.465 e. The quantitative estimate of drug-likeness (QED) is 0.477. The van der Waals surface area contributed by atoms with Crippen LogP contribution < -0.4 is 0 Å². The Balaban J connectivity index is 1.95. The monoisotopic (exact) mass is 270 g/mol. The van der Waals surface area contributed by atoms with E-state index in [0.29, 0.717) is 24.6 Å². The predicted octanol–water partition coefficient (Wildman–Crippen LogP) is 3.13. The van der Waals surface area contributed by atoms with E-state index in [2.05, 4.69) is 6.92 Å². The highest BCUT2D eigenvalue weighted by atomic mass is 32.2. The maximum atomic E-state index is 11.3. The molecule has 0 saturated carbocycles. The van der Waals surface area contributed by atoms with E-state index in [-0.39, 0.29) is 5.97 Å². The van der Waals surface area contributed by atoms with Crippen LogP contribution in [-0.4, -0.2) is 29.9 Å². The summed E-state index contributed by atoms with van der Waals surface area (Å²) in [5, 5.41) is 0. The van der Waals surface area contributed by atoms with Crippen molar-refractivity contribution in [2.45, 2.75) is 45.4 Å². The number of hydrogen-bond acceptors (Lipinski definition) is 4. The number of carbonyl (C=O) groups is 2. The fraction of sp³-hybridized carbons (Fsp3) is 0.714. The molecule has 0 bridgehead atoms. The van der Waals surface area contributed by atoms with Crippen LogP contribution in [0.15, 0.2) is 11.6 Å². The molecule has 0 heterocycles. The number of hydrogen-bond donors (Lipinski definition) is 0. The fourth-order valence-corrected chi connectivity index (χ4v) is 2.53. The molecular weight excluding hydrogens is 248 g/mol. The van der Waals surface area contributed by atoms with Crippen molar-refractivity contribution in [3.05, 3.63) is 11.6 Å². The van der Waals surface area contributed by atoms with Gasteiger partial charge in [0.2, 0.25) is 0 Å². The number of unbranched alkanes of at least 4 members (excludes halogenated alkanes) is 1. The van der Waals surface area contributed by atoms with E-state index < -0.39 is 0 Å². The lowest BCUT2D eigenvalue weighted by Gasteiger charge is -2.04. The van der Waals surface area contributed by atoms with Gasteiger partial charge in [-0.1, -0.05) is 19.4 Å². The zero-order valence-electron chi connectivity index (χ0n) is 11.1. The lowest BCUT2D eigenvalue weighted by Crippen LogP contribution is -2.08. The molecule has 18 heavy (non-hydrogen) atoms. The Kier molecular flexibility index (Phi) is 7.81. The first-order chi connectivity index (χ1) is 8.74.